The lowest BCUT2D eigenvalue weighted by molar-refractivity contribution is 0.103. The van der Waals surface area contributed by atoms with Crippen LogP contribution in [0.1, 0.15) is 20.2 Å². The number of aromatic nitrogens is 1. The number of hydrogen-bond donors (Lipinski definition) is 0. The first-order valence-corrected chi connectivity index (χ1v) is 6.68. The van der Waals surface area contributed by atoms with Gasteiger partial charge < -0.3 is 4.42 Å². The molecular formula is C15H11NO2S. The molecule has 0 amide bonds. The summed E-state index contributed by atoms with van der Waals surface area (Å²) >= 11 is 1.39. The summed E-state index contributed by atoms with van der Waals surface area (Å²) in [5, 5.41) is 0.495. The van der Waals surface area contributed by atoms with E-state index in [4.69, 9.17) is 4.42 Å². The Morgan fingerprint density at radius 2 is 1.95 bits per heavy atom. The van der Waals surface area contributed by atoms with Crippen LogP contribution in [0.5, 0.6) is 0 Å². The third kappa shape index (κ3) is 2.22. The molecular weight excluding hydrogens is 258 g/mol. The molecule has 0 radical (unpaired) electrons. The molecule has 0 aliphatic rings. The lowest BCUT2D eigenvalue weighted by Crippen LogP contribution is -1.99. The molecule has 0 N–H and O–H groups in total. The van der Waals surface area contributed by atoms with Gasteiger partial charge in [-0.15, -0.1) is 11.3 Å². The quantitative estimate of drug-likeness (QED) is 0.676. The van der Waals surface area contributed by atoms with Crippen molar-refractivity contribution in [1.29, 1.82) is 0 Å². The van der Waals surface area contributed by atoms with Crippen LogP contribution < -0.4 is 0 Å². The zero-order valence-electron chi connectivity index (χ0n) is 10.3. The van der Waals surface area contributed by atoms with Crippen molar-refractivity contribution in [2.24, 2.45) is 0 Å². The molecule has 0 saturated carbocycles. The average molecular weight is 269 g/mol. The van der Waals surface area contributed by atoms with E-state index in [1.807, 2.05) is 37.3 Å². The Morgan fingerprint density at radius 1 is 1.16 bits per heavy atom. The maximum Gasteiger partial charge on any atom is 0.221 e. The summed E-state index contributed by atoms with van der Waals surface area (Å²) in [5.41, 5.74) is 1.40. The van der Waals surface area contributed by atoms with Gasteiger partial charge in [-0.05, 0) is 19.1 Å². The minimum absolute atomic E-state index is 0.0495. The van der Waals surface area contributed by atoms with E-state index in [1.165, 1.54) is 11.3 Å². The van der Waals surface area contributed by atoms with Crippen LogP contribution in [0.4, 0.5) is 0 Å². The summed E-state index contributed by atoms with van der Waals surface area (Å²) in [7, 11) is 0. The van der Waals surface area contributed by atoms with Gasteiger partial charge in [0.2, 0.25) is 5.78 Å². The molecule has 4 heteroatoms. The molecule has 0 aliphatic heterocycles. The smallest absolute Gasteiger partial charge is 0.221 e. The summed E-state index contributed by atoms with van der Waals surface area (Å²) in [5.74, 6) is 0.646. The van der Waals surface area contributed by atoms with Gasteiger partial charge in [-0.25, -0.2) is 4.98 Å². The molecule has 19 heavy (non-hydrogen) atoms. The van der Waals surface area contributed by atoms with E-state index in [0.717, 1.165) is 10.6 Å². The van der Waals surface area contributed by atoms with Gasteiger partial charge in [0, 0.05) is 10.4 Å². The van der Waals surface area contributed by atoms with Crippen LogP contribution in [0.2, 0.25) is 0 Å². The van der Waals surface area contributed by atoms with Gasteiger partial charge in [0.25, 0.3) is 0 Å². The Bertz CT molecular complexity index is 699. The van der Waals surface area contributed by atoms with Crippen molar-refractivity contribution in [1.82, 2.24) is 4.98 Å². The van der Waals surface area contributed by atoms with Crippen LogP contribution in [0, 0.1) is 6.92 Å². The zero-order chi connectivity index (χ0) is 13.2. The van der Waals surface area contributed by atoms with Gasteiger partial charge in [-0.2, -0.15) is 0 Å². The highest BCUT2D eigenvalue weighted by Crippen LogP contribution is 2.28. The Labute approximate surface area is 114 Å². The average Bonchev–Trinajstić information content (AvgIpc) is 3.08. The fourth-order valence-corrected chi connectivity index (χ4v) is 2.73. The molecule has 3 nitrogen and oxygen atoms in total. The van der Waals surface area contributed by atoms with Gasteiger partial charge in [-0.1, -0.05) is 30.3 Å². The Morgan fingerprint density at radius 3 is 2.63 bits per heavy atom. The zero-order valence-corrected chi connectivity index (χ0v) is 11.1. The van der Waals surface area contributed by atoms with Crippen LogP contribution in [0.3, 0.4) is 0 Å². The first kappa shape index (κ1) is 11.9. The summed E-state index contributed by atoms with van der Waals surface area (Å²) in [6.45, 7) is 1.94. The number of thiazole rings is 1. The van der Waals surface area contributed by atoms with E-state index in [1.54, 1.807) is 18.4 Å². The number of rotatable bonds is 3. The maximum atomic E-state index is 12.3. The molecule has 0 bridgehead atoms. The minimum atomic E-state index is -0.0495. The molecule has 0 atom stereocenters. The Balaban J connectivity index is 2.00. The van der Waals surface area contributed by atoms with Crippen molar-refractivity contribution >= 4 is 17.1 Å². The summed E-state index contributed by atoms with van der Waals surface area (Å²) in [6.07, 6.45) is 1.60. The highest BCUT2D eigenvalue weighted by atomic mass is 32.1. The van der Waals surface area contributed by atoms with E-state index in [0.29, 0.717) is 16.3 Å². The molecule has 0 unspecified atom stereocenters. The van der Waals surface area contributed by atoms with Gasteiger partial charge >= 0.3 is 0 Å². The number of carbonyl (C=O) groups is 1. The van der Waals surface area contributed by atoms with Crippen molar-refractivity contribution in [3.05, 3.63) is 64.2 Å². The highest BCUT2D eigenvalue weighted by molar-refractivity contribution is 7.14. The van der Waals surface area contributed by atoms with Gasteiger partial charge in [0.15, 0.2) is 10.8 Å². The largest absolute Gasteiger partial charge is 0.463 e. The van der Waals surface area contributed by atoms with Crippen molar-refractivity contribution in [2.45, 2.75) is 6.92 Å². The second-order valence-electron chi connectivity index (χ2n) is 4.10. The van der Waals surface area contributed by atoms with E-state index in [9.17, 15) is 4.79 Å². The van der Waals surface area contributed by atoms with E-state index < -0.39 is 0 Å². The summed E-state index contributed by atoms with van der Waals surface area (Å²) in [6, 6.07) is 12.8. The summed E-state index contributed by atoms with van der Waals surface area (Å²) in [4.78, 5) is 17.7. The van der Waals surface area contributed by atoms with Gasteiger partial charge in [0.1, 0.15) is 5.69 Å². The Kier molecular flexibility index (Phi) is 3.01. The molecule has 0 fully saturated rings. The van der Waals surface area contributed by atoms with Crippen LogP contribution in [0.15, 0.2) is 53.1 Å². The third-order valence-corrected chi connectivity index (χ3v) is 3.75. The predicted octanol–water partition coefficient (Wildman–Crippen LogP) is 3.94. The van der Waals surface area contributed by atoms with Crippen molar-refractivity contribution in [2.75, 3.05) is 0 Å². The molecule has 2 aromatic heterocycles. The Hall–Kier alpha value is -2.20. The summed E-state index contributed by atoms with van der Waals surface area (Å²) < 4.78 is 5.33. The van der Waals surface area contributed by atoms with Crippen molar-refractivity contribution in [3.63, 3.8) is 0 Å². The third-order valence-electron chi connectivity index (χ3n) is 2.78. The molecule has 2 heterocycles. The molecule has 3 rings (SSSR count). The number of hydrogen-bond acceptors (Lipinski definition) is 4. The number of furan rings is 1. The lowest BCUT2D eigenvalue weighted by atomic mass is 10.1. The standard InChI is InChI=1S/C15H11NO2S/c1-10-13(12-8-5-9-18-12)16-15(19-10)14(17)11-6-3-2-4-7-11/h2-9H,1H3. The minimum Gasteiger partial charge on any atom is -0.463 e. The maximum absolute atomic E-state index is 12.3. The molecule has 0 spiro atoms. The monoisotopic (exact) mass is 269 g/mol. The normalized spacial score (nSPS) is 10.6. The van der Waals surface area contributed by atoms with Crippen LogP contribution in [0.25, 0.3) is 11.5 Å². The molecule has 0 saturated heterocycles. The van der Waals surface area contributed by atoms with E-state index in [2.05, 4.69) is 4.98 Å². The number of ketones is 1. The SMILES string of the molecule is Cc1sc(C(=O)c2ccccc2)nc1-c1ccco1. The van der Waals surface area contributed by atoms with E-state index in [-0.39, 0.29) is 5.78 Å². The van der Waals surface area contributed by atoms with Crippen LogP contribution >= 0.6 is 11.3 Å². The second kappa shape index (κ2) is 4.82. The number of carbonyl (C=O) groups excluding carboxylic acids is 1. The molecule has 0 aliphatic carbocycles. The lowest BCUT2D eigenvalue weighted by Gasteiger charge is -1.95. The first-order chi connectivity index (χ1) is 9.25. The number of benzene rings is 1. The van der Waals surface area contributed by atoms with E-state index >= 15 is 0 Å². The highest BCUT2D eigenvalue weighted by Gasteiger charge is 2.18. The van der Waals surface area contributed by atoms with Crippen LogP contribution in [-0.4, -0.2) is 10.8 Å². The fraction of sp³-hybridized carbons (Fsp3) is 0.0667. The first-order valence-electron chi connectivity index (χ1n) is 5.87. The fourth-order valence-electron chi connectivity index (χ4n) is 1.85. The van der Waals surface area contributed by atoms with Gasteiger partial charge in [-0.3, -0.25) is 4.79 Å². The molecule has 94 valence electrons. The number of aryl methyl sites for hydroxylation is 1. The molecule has 1 aromatic carbocycles. The van der Waals surface area contributed by atoms with Gasteiger partial charge in [0.05, 0.1) is 6.26 Å². The topological polar surface area (TPSA) is 43.1 Å². The second-order valence-corrected chi connectivity index (χ2v) is 5.30. The van der Waals surface area contributed by atoms with Crippen LogP contribution in [-0.2, 0) is 0 Å². The van der Waals surface area contributed by atoms with Crippen molar-refractivity contribution < 1.29 is 9.21 Å². The molecule has 3 aromatic rings. The predicted molar refractivity (Wildman–Crippen MR) is 74.4 cm³/mol. The van der Waals surface area contributed by atoms with Crippen molar-refractivity contribution in [3.8, 4) is 11.5 Å². The number of nitrogens with zero attached hydrogens (tertiary/aromatic N) is 1.